The van der Waals surface area contributed by atoms with Gasteiger partial charge in [0.25, 0.3) is 5.91 Å². The van der Waals surface area contributed by atoms with Gasteiger partial charge in [-0.2, -0.15) is 0 Å². The van der Waals surface area contributed by atoms with Crippen LogP contribution in [0.4, 0.5) is 11.4 Å². The lowest BCUT2D eigenvalue weighted by Crippen LogP contribution is -2.59. The van der Waals surface area contributed by atoms with E-state index < -0.39 is 28.7 Å². The van der Waals surface area contributed by atoms with Crippen LogP contribution < -0.4 is 9.80 Å². The third-order valence-electron chi connectivity index (χ3n) is 9.46. The van der Waals surface area contributed by atoms with Crippen LogP contribution in [0.25, 0.3) is 0 Å². The first-order valence-corrected chi connectivity index (χ1v) is 16.2. The summed E-state index contributed by atoms with van der Waals surface area (Å²) in [6, 6.07) is 13.5. The summed E-state index contributed by atoms with van der Waals surface area (Å²) >= 11 is 8.31. The molecular formula is C34H40ClN3O4S. The van der Waals surface area contributed by atoms with Gasteiger partial charge in [-0.05, 0) is 49.4 Å². The van der Waals surface area contributed by atoms with Crippen LogP contribution in [0.1, 0.15) is 32.3 Å². The Morgan fingerprint density at radius 3 is 2.40 bits per heavy atom. The molecule has 2 aromatic rings. The number of hydrogen-bond donors (Lipinski definition) is 1. The molecule has 1 spiro atoms. The smallest absolute Gasteiger partial charge is 0.251 e. The largest absolute Gasteiger partial charge is 0.394 e. The minimum absolute atomic E-state index is 0.0156. The number of aliphatic hydroxyl groups is 1. The Balaban J connectivity index is 1.65. The molecule has 0 radical (unpaired) electrons. The maximum absolute atomic E-state index is 15.0. The van der Waals surface area contributed by atoms with E-state index >= 15 is 0 Å². The number of hydrogen-bond acceptors (Lipinski definition) is 5. The van der Waals surface area contributed by atoms with Crippen molar-refractivity contribution in [2.24, 2.45) is 17.8 Å². The highest BCUT2D eigenvalue weighted by Crippen LogP contribution is 2.69. The maximum Gasteiger partial charge on any atom is 0.251 e. The van der Waals surface area contributed by atoms with E-state index in [2.05, 4.69) is 20.1 Å². The highest BCUT2D eigenvalue weighted by atomic mass is 35.5. The van der Waals surface area contributed by atoms with E-state index in [1.165, 1.54) is 0 Å². The topological polar surface area (TPSA) is 81.2 Å². The average Bonchev–Trinajstić information content (AvgIpc) is 3.59. The summed E-state index contributed by atoms with van der Waals surface area (Å²) < 4.78 is -0.840. The number of carbonyl (C=O) groups is 3. The van der Waals surface area contributed by atoms with Crippen LogP contribution in [-0.4, -0.2) is 69.5 Å². The second kappa shape index (κ2) is 12.5. The highest BCUT2D eigenvalue weighted by Gasteiger charge is 2.77. The lowest BCUT2D eigenvalue weighted by Gasteiger charge is -2.42. The van der Waals surface area contributed by atoms with Gasteiger partial charge in [0, 0.05) is 24.0 Å². The molecule has 2 aromatic carbocycles. The summed E-state index contributed by atoms with van der Waals surface area (Å²) in [6.45, 7) is 13.9. The maximum atomic E-state index is 15.0. The van der Waals surface area contributed by atoms with E-state index in [0.717, 1.165) is 11.3 Å². The Labute approximate surface area is 263 Å². The van der Waals surface area contributed by atoms with Crippen molar-refractivity contribution in [3.63, 3.8) is 0 Å². The first kappa shape index (κ1) is 31.4. The molecule has 3 aliphatic heterocycles. The van der Waals surface area contributed by atoms with Crippen LogP contribution >= 0.6 is 23.4 Å². The molecule has 3 fully saturated rings. The average molecular weight is 622 g/mol. The number of fused-ring (bicyclic) bond motifs is 1. The predicted octanol–water partition coefficient (Wildman–Crippen LogP) is 5.49. The van der Waals surface area contributed by atoms with Gasteiger partial charge >= 0.3 is 0 Å². The number of likely N-dealkylation sites (tertiary alicyclic amines) is 1. The van der Waals surface area contributed by atoms with E-state index in [4.69, 9.17) is 11.6 Å². The number of thioether (sulfide) groups is 1. The molecule has 3 aliphatic rings. The SMILES string of the molecule is C=CCN(C(=O)[C@@H]1[C@H]2C(=O)N([C@@H](CC)CO)C(C(=O)N(CC=C)c3c(C)cccc3Cl)C23S[C@@H]1CC3C)c1ccccc1. The lowest BCUT2D eigenvalue weighted by atomic mass is 9.65. The summed E-state index contributed by atoms with van der Waals surface area (Å²) in [5.74, 6) is -1.97. The molecule has 7 atom stereocenters. The predicted molar refractivity (Wildman–Crippen MR) is 174 cm³/mol. The monoisotopic (exact) mass is 621 g/mol. The van der Waals surface area contributed by atoms with Crippen LogP contribution in [0.15, 0.2) is 73.8 Å². The van der Waals surface area contributed by atoms with Crippen molar-refractivity contribution in [1.82, 2.24) is 4.90 Å². The molecular weight excluding hydrogens is 582 g/mol. The van der Waals surface area contributed by atoms with E-state index in [0.29, 0.717) is 30.1 Å². The number of aryl methyl sites for hydroxylation is 1. The zero-order valence-corrected chi connectivity index (χ0v) is 26.6. The molecule has 228 valence electrons. The van der Waals surface area contributed by atoms with Crippen LogP contribution in [0.2, 0.25) is 5.02 Å². The molecule has 0 saturated carbocycles. The second-order valence-electron chi connectivity index (χ2n) is 11.8. The molecule has 3 amide bonds. The lowest BCUT2D eigenvalue weighted by molar-refractivity contribution is -0.142. The number of rotatable bonds is 11. The summed E-state index contributed by atoms with van der Waals surface area (Å²) in [5, 5.41) is 10.8. The van der Waals surface area contributed by atoms with Crippen molar-refractivity contribution >= 4 is 52.5 Å². The first-order chi connectivity index (χ1) is 20.7. The third-order valence-corrected chi connectivity index (χ3v) is 11.8. The van der Waals surface area contributed by atoms with Crippen molar-refractivity contribution in [3.05, 3.63) is 84.4 Å². The van der Waals surface area contributed by atoms with Crippen LogP contribution in [0.3, 0.4) is 0 Å². The quantitative estimate of drug-likeness (QED) is 0.336. The molecule has 2 bridgehead atoms. The highest BCUT2D eigenvalue weighted by molar-refractivity contribution is 8.02. The van der Waals surface area contributed by atoms with Crippen LogP contribution in [0.5, 0.6) is 0 Å². The zero-order valence-electron chi connectivity index (χ0n) is 25.0. The van der Waals surface area contributed by atoms with Crippen molar-refractivity contribution in [2.45, 2.75) is 55.7 Å². The van der Waals surface area contributed by atoms with E-state index in [-0.39, 0.29) is 42.0 Å². The van der Waals surface area contributed by atoms with Gasteiger partial charge in [0.15, 0.2) is 0 Å². The molecule has 3 saturated heterocycles. The molecule has 9 heteroatoms. The molecule has 3 heterocycles. The van der Waals surface area contributed by atoms with Gasteiger partial charge in [-0.15, -0.1) is 24.9 Å². The van der Waals surface area contributed by atoms with E-state index in [1.54, 1.807) is 44.7 Å². The number of nitrogens with zero attached hydrogens (tertiary/aromatic N) is 3. The number of halogens is 1. The van der Waals surface area contributed by atoms with Crippen LogP contribution in [-0.2, 0) is 14.4 Å². The Morgan fingerprint density at radius 1 is 1.12 bits per heavy atom. The van der Waals surface area contributed by atoms with Crippen molar-refractivity contribution in [1.29, 1.82) is 0 Å². The fraction of sp³-hybridized carbons (Fsp3) is 0.441. The van der Waals surface area contributed by atoms with Gasteiger partial charge in [0.2, 0.25) is 11.8 Å². The van der Waals surface area contributed by atoms with Gasteiger partial charge in [-0.25, -0.2) is 0 Å². The number of amides is 3. The Hall–Kier alpha value is -3.07. The molecule has 7 nitrogen and oxygen atoms in total. The Kier molecular flexibility index (Phi) is 9.12. The minimum atomic E-state index is -0.884. The molecule has 1 N–H and O–H groups in total. The number of benzene rings is 2. The first-order valence-electron chi connectivity index (χ1n) is 14.9. The van der Waals surface area contributed by atoms with Gasteiger partial charge in [-0.3, -0.25) is 14.4 Å². The Morgan fingerprint density at radius 2 is 1.79 bits per heavy atom. The van der Waals surface area contributed by atoms with Gasteiger partial charge < -0.3 is 19.8 Å². The normalized spacial score (nSPS) is 28.0. The molecule has 0 aliphatic carbocycles. The summed E-state index contributed by atoms with van der Waals surface area (Å²) in [7, 11) is 0. The molecule has 3 unspecified atom stereocenters. The third kappa shape index (κ3) is 4.92. The van der Waals surface area contributed by atoms with Crippen LogP contribution in [0, 0.1) is 24.7 Å². The standard InChI is InChI=1S/C34H40ClN3O4S/c1-6-17-36(24-14-10-9-11-15-24)31(40)27-26-19-22(5)34(43-26)28(27)32(41)38(23(8-3)20-39)30(34)33(42)37(18-7-2)29-21(4)13-12-16-25(29)35/h6-7,9-16,22-23,26-28,30,39H,1-2,8,17-20H2,3-5H3/t22?,23-,26+,27-,28-,30?,34?/m0/s1. The number of carbonyl (C=O) groups excluding carboxylic acids is 3. The fourth-order valence-electron chi connectivity index (χ4n) is 7.60. The number of anilines is 2. The summed E-state index contributed by atoms with van der Waals surface area (Å²) in [4.78, 5) is 49.0. The zero-order chi connectivity index (χ0) is 31.1. The van der Waals surface area contributed by atoms with Gasteiger partial charge in [-0.1, -0.05) is 67.9 Å². The number of aliphatic hydroxyl groups excluding tert-OH is 1. The van der Waals surface area contributed by atoms with Crippen molar-refractivity contribution in [2.75, 3.05) is 29.5 Å². The van der Waals surface area contributed by atoms with Crippen molar-refractivity contribution < 1.29 is 19.5 Å². The van der Waals surface area contributed by atoms with Gasteiger partial charge in [0.05, 0.1) is 39.9 Å². The van der Waals surface area contributed by atoms with Gasteiger partial charge in [0.1, 0.15) is 6.04 Å². The second-order valence-corrected chi connectivity index (χ2v) is 13.7. The Bertz CT molecular complexity index is 1400. The molecule has 43 heavy (non-hydrogen) atoms. The number of para-hydroxylation sites is 2. The van der Waals surface area contributed by atoms with E-state index in [1.807, 2.05) is 56.3 Å². The fourth-order valence-corrected chi connectivity index (χ4v) is 10.3. The van der Waals surface area contributed by atoms with E-state index in [9.17, 15) is 19.5 Å². The summed E-state index contributed by atoms with van der Waals surface area (Å²) in [6.07, 6.45) is 4.52. The minimum Gasteiger partial charge on any atom is -0.394 e. The molecule has 0 aromatic heterocycles. The molecule has 5 rings (SSSR count). The van der Waals surface area contributed by atoms with Crippen molar-refractivity contribution in [3.8, 4) is 0 Å². The summed E-state index contributed by atoms with van der Waals surface area (Å²) in [5.41, 5.74) is 2.15.